The zero-order valence-corrected chi connectivity index (χ0v) is 10.1. The Kier molecular flexibility index (Phi) is 2.72. The average molecular weight is 257 g/mol. The number of aromatic hydroxyl groups is 2. The standard InChI is InChI=1S/C15H12O4/c16-11-4-1-9(2-5-11)15-13(18)7-10-3-6-12(17)8-14(10)19-15/h1-6,8,13,18H,7H2,(H-,16,17)/p+1. The van der Waals surface area contributed by atoms with Gasteiger partial charge in [0.25, 0.3) is 0 Å². The minimum absolute atomic E-state index is 0.125. The zero-order valence-electron chi connectivity index (χ0n) is 10.1. The number of aliphatic hydroxyl groups excluding tert-OH is 1. The summed E-state index contributed by atoms with van der Waals surface area (Å²) in [4.78, 5) is 0. The third-order valence-corrected chi connectivity index (χ3v) is 3.14. The summed E-state index contributed by atoms with van der Waals surface area (Å²) in [6.45, 7) is 0. The number of fused-ring (bicyclic) bond motifs is 1. The minimum atomic E-state index is -0.735. The van der Waals surface area contributed by atoms with E-state index in [9.17, 15) is 15.3 Å². The fraction of sp³-hybridized carbons (Fsp3) is 0.133. The van der Waals surface area contributed by atoms with Gasteiger partial charge in [-0.15, -0.1) is 0 Å². The average Bonchev–Trinajstić information content (AvgIpc) is 2.40. The Labute approximate surface area is 109 Å². The molecule has 96 valence electrons. The summed E-state index contributed by atoms with van der Waals surface area (Å²) >= 11 is 0. The highest BCUT2D eigenvalue weighted by Crippen LogP contribution is 2.32. The molecule has 19 heavy (non-hydrogen) atoms. The second-order valence-electron chi connectivity index (χ2n) is 4.53. The highest BCUT2D eigenvalue weighted by molar-refractivity contribution is 6.00. The number of carbonyl (C=O) groups excluding carboxylic acids is 1. The van der Waals surface area contributed by atoms with E-state index >= 15 is 0 Å². The van der Waals surface area contributed by atoms with E-state index in [0.717, 1.165) is 5.56 Å². The lowest BCUT2D eigenvalue weighted by atomic mass is 9.97. The van der Waals surface area contributed by atoms with Gasteiger partial charge in [0.1, 0.15) is 11.5 Å². The van der Waals surface area contributed by atoms with Gasteiger partial charge in [-0.2, -0.15) is 0 Å². The van der Waals surface area contributed by atoms with Crippen molar-refractivity contribution in [2.75, 3.05) is 0 Å². The first-order chi connectivity index (χ1) is 9.13. The summed E-state index contributed by atoms with van der Waals surface area (Å²) in [5.41, 5.74) is 1.56. The number of phenolic OH excluding ortho intramolecular Hbond substituents is 2. The second-order valence-corrected chi connectivity index (χ2v) is 4.53. The molecule has 1 atom stereocenters. The van der Waals surface area contributed by atoms with Crippen molar-refractivity contribution in [3.8, 4) is 17.2 Å². The molecule has 0 spiro atoms. The van der Waals surface area contributed by atoms with Gasteiger partial charge in [-0.1, -0.05) is 0 Å². The number of aliphatic hydroxyl groups is 1. The van der Waals surface area contributed by atoms with Gasteiger partial charge in [-0.3, -0.25) is 0 Å². The van der Waals surface area contributed by atoms with Gasteiger partial charge >= 0.3 is 11.5 Å². The molecule has 1 heterocycles. The maximum absolute atomic E-state index is 10.1. The molecule has 2 aromatic carbocycles. The first-order valence-electron chi connectivity index (χ1n) is 5.97. The Morgan fingerprint density at radius 2 is 1.63 bits per heavy atom. The van der Waals surface area contributed by atoms with Gasteiger partial charge in [0.15, 0.2) is 6.10 Å². The van der Waals surface area contributed by atoms with Crippen molar-refractivity contribution < 1.29 is 19.7 Å². The van der Waals surface area contributed by atoms with E-state index in [1.165, 1.54) is 18.2 Å². The predicted octanol–water partition coefficient (Wildman–Crippen LogP) is 2.15. The van der Waals surface area contributed by atoms with Crippen LogP contribution in [0.15, 0.2) is 42.5 Å². The zero-order chi connectivity index (χ0) is 13.4. The minimum Gasteiger partial charge on any atom is -0.508 e. The van der Waals surface area contributed by atoms with Crippen LogP contribution >= 0.6 is 0 Å². The van der Waals surface area contributed by atoms with Crippen molar-refractivity contribution >= 4 is 5.78 Å². The highest BCUT2D eigenvalue weighted by Gasteiger charge is 2.34. The molecule has 3 rings (SSSR count). The lowest BCUT2D eigenvalue weighted by molar-refractivity contribution is -0.180. The Bertz CT molecular complexity index is 644. The van der Waals surface area contributed by atoms with Crippen LogP contribution in [0.1, 0.15) is 15.6 Å². The molecule has 1 aliphatic heterocycles. The molecular weight excluding hydrogens is 244 g/mol. The first-order valence-corrected chi connectivity index (χ1v) is 5.97. The van der Waals surface area contributed by atoms with Crippen LogP contribution in [0.2, 0.25) is 0 Å². The number of rotatable bonds is 1. The summed E-state index contributed by atoms with van der Waals surface area (Å²) in [5.74, 6) is 1.26. The first kappa shape index (κ1) is 11.7. The lowest BCUT2D eigenvalue weighted by Gasteiger charge is -2.11. The van der Waals surface area contributed by atoms with Crippen LogP contribution < -0.4 is 0 Å². The van der Waals surface area contributed by atoms with Gasteiger partial charge in [0.2, 0.25) is 0 Å². The molecule has 0 aromatic heterocycles. The Hall–Kier alpha value is -2.33. The summed E-state index contributed by atoms with van der Waals surface area (Å²) in [7, 11) is 0. The molecule has 0 radical (unpaired) electrons. The highest BCUT2D eigenvalue weighted by atomic mass is 16.4. The van der Waals surface area contributed by atoms with E-state index in [0.29, 0.717) is 23.5 Å². The van der Waals surface area contributed by atoms with Crippen molar-refractivity contribution in [3.63, 3.8) is 0 Å². The fourth-order valence-electron chi connectivity index (χ4n) is 2.17. The Morgan fingerprint density at radius 1 is 0.947 bits per heavy atom. The van der Waals surface area contributed by atoms with Crippen LogP contribution in [0, 0.1) is 0 Å². The molecule has 0 saturated carbocycles. The van der Waals surface area contributed by atoms with Gasteiger partial charge in [-0.25, -0.2) is 4.42 Å². The third-order valence-electron chi connectivity index (χ3n) is 3.14. The van der Waals surface area contributed by atoms with Crippen molar-refractivity contribution in [3.05, 3.63) is 53.6 Å². The van der Waals surface area contributed by atoms with E-state index in [-0.39, 0.29) is 11.5 Å². The molecule has 1 aliphatic rings. The number of benzene rings is 2. The van der Waals surface area contributed by atoms with Crippen molar-refractivity contribution in [1.82, 2.24) is 0 Å². The fourth-order valence-corrected chi connectivity index (χ4v) is 2.17. The van der Waals surface area contributed by atoms with Gasteiger partial charge in [-0.05, 0) is 36.4 Å². The van der Waals surface area contributed by atoms with Crippen molar-refractivity contribution in [2.45, 2.75) is 12.5 Å². The van der Waals surface area contributed by atoms with E-state index in [1.54, 1.807) is 24.3 Å². The largest absolute Gasteiger partial charge is 0.508 e. The predicted molar refractivity (Wildman–Crippen MR) is 69.7 cm³/mol. The molecule has 0 saturated heterocycles. The molecule has 1 unspecified atom stereocenters. The van der Waals surface area contributed by atoms with Crippen LogP contribution in [0.5, 0.6) is 17.2 Å². The molecule has 0 aliphatic carbocycles. The monoisotopic (exact) mass is 257 g/mol. The normalized spacial score (nSPS) is 17.7. The topological polar surface area (TPSA) is 72.0 Å². The van der Waals surface area contributed by atoms with E-state index in [1.807, 2.05) is 0 Å². The van der Waals surface area contributed by atoms with Crippen molar-refractivity contribution in [2.24, 2.45) is 0 Å². The van der Waals surface area contributed by atoms with Crippen LogP contribution in [0.3, 0.4) is 0 Å². The maximum Gasteiger partial charge on any atom is 0.365 e. The Morgan fingerprint density at radius 3 is 2.37 bits per heavy atom. The second kappa shape index (κ2) is 4.40. The van der Waals surface area contributed by atoms with Gasteiger partial charge < -0.3 is 15.3 Å². The van der Waals surface area contributed by atoms with Crippen LogP contribution in [0.25, 0.3) is 0 Å². The van der Waals surface area contributed by atoms with E-state index in [4.69, 9.17) is 4.42 Å². The quantitative estimate of drug-likeness (QED) is 0.685. The van der Waals surface area contributed by atoms with Crippen LogP contribution in [-0.2, 0) is 6.42 Å². The molecule has 4 nitrogen and oxygen atoms in total. The molecular formula is C15H13O4+. The van der Waals surface area contributed by atoms with Gasteiger partial charge in [0, 0.05) is 6.42 Å². The van der Waals surface area contributed by atoms with E-state index < -0.39 is 6.10 Å². The molecule has 0 fully saturated rings. The number of hydrogen-bond acceptors (Lipinski definition) is 3. The van der Waals surface area contributed by atoms with Crippen LogP contribution in [0.4, 0.5) is 0 Å². The Balaban J connectivity index is 2.08. The molecule has 0 amide bonds. The van der Waals surface area contributed by atoms with Crippen molar-refractivity contribution in [1.29, 1.82) is 0 Å². The molecule has 4 heteroatoms. The summed E-state index contributed by atoms with van der Waals surface area (Å²) < 4.78 is 5.68. The summed E-state index contributed by atoms with van der Waals surface area (Å²) in [6, 6.07) is 11.3. The van der Waals surface area contributed by atoms with Gasteiger partial charge in [0.05, 0.1) is 17.2 Å². The molecule has 2 aromatic rings. The maximum atomic E-state index is 10.1. The van der Waals surface area contributed by atoms with Crippen LogP contribution in [-0.4, -0.2) is 27.2 Å². The SMILES string of the molecule is Oc1ccc(C2=[O+]c3cc(O)ccc3CC2O)cc1. The lowest BCUT2D eigenvalue weighted by Crippen LogP contribution is -2.26. The van der Waals surface area contributed by atoms with E-state index in [2.05, 4.69) is 0 Å². The smallest absolute Gasteiger partial charge is 0.365 e. The summed E-state index contributed by atoms with van der Waals surface area (Å²) in [5, 5.41) is 28.9. The number of ketones is 1. The molecule has 3 N–H and O–H groups in total. The molecule has 0 bridgehead atoms. The number of phenols is 2. The number of hydrogen-bond donors (Lipinski definition) is 3. The third kappa shape index (κ3) is 2.18. The summed E-state index contributed by atoms with van der Waals surface area (Å²) in [6.07, 6.45) is -0.298.